The molecule has 1 aliphatic rings. The largest absolute Gasteiger partial charge is 0.480 e. The Morgan fingerprint density at radius 2 is 1.80 bits per heavy atom. The summed E-state index contributed by atoms with van der Waals surface area (Å²) >= 11 is 0. The SMILES string of the molecule is CCC(Oc1ccccc1C(C)CC)C(=O)Nc1ccc(C)c(NC(=O)C2CC2)c1. The fourth-order valence-electron chi connectivity index (χ4n) is 3.33. The van der Waals surface area contributed by atoms with Crippen LogP contribution in [0.1, 0.15) is 63.5 Å². The van der Waals surface area contributed by atoms with Crippen LogP contribution in [0.15, 0.2) is 42.5 Å². The summed E-state index contributed by atoms with van der Waals surface area (Å²) in [6, 6.07) is 13.5. The Labute approximate surface area is 179 Å². The van der Waals surface area contributed by atoms with Gasteiger partial charge < -0.3 is 15.4 Å². The van der Waals surface area contributed by atoms with Gasteiger partial charge in [0.15, 0.2) is 6.10 Å². The van der Waals surface area contributed by atoms with E-state index in [4.69, 9.17) is 4.74 Å². The van der Waals surface area contributed by atoms with E-state index >= 15 is 0 Å². The number of anilines is 2. The van der Waals surface area contributed by atoms with Crippen molar-refractivity contribution in [1.29, 1.82) is 0 Å². The highest BCUT2D eigenvalue weighted by Crippen LogP contribution is 2.32. The molecule has 2 aromatic rings. The van der Waals surface area contributed by atoms with E-state index in [9.17, 15) is 9.59 Å². The third-order valence-electron chi connectivity index (χ3n) is 5.71. The van der Waals surface area contributed by atoms with Crippen molar-refractivity contribution in [2.75, 3.05) is 10.6 Å². The highest BCUT2D eigenvalue weighted by molar-refractivity contribution is 5.97. The number of amides is 2. The smallest absolute Gasteiger partial charge is 0.265 e. The van der Waals surface area contributed by atoms with Gasteiger partial charge in [-0.3, -0.25) is 9.59 Å². The lowest BCUT2D eigenvalue weighted by Crippen LogP contribution is -2.32. The maximum atomic E-state index is 12.9. The molecule has 1 fully saturated rings. The second kappa shape index (κ2) is 9.79. The molecule has 2 aromatic carbocycles. The van der Waals surface area contributed by atoms with E-state index in [1.807, 2.05) is 50.2 Å². The molecule has 1 saturated carbocycles. The Bertz CT molecular complexity index is 905. The highest BCUT2D eigenvalue weighted by Gasteiger charge is 2.30. The van der Waals surface area contributed by atoms with Crippen LogP contribution in [0.2, 0.25) is 0 Å². The minimum absolute atomic E-state index is 0.0537. The minimum Gasteiger partial charge on any atom is -0.480 e. The fourth-order valence-corrected chi connectivity index (χ4v) is 3.33. The van der Waals surface area contributed by atoms with Crippen LogP contribution in [-0.4, -0.2) is 17.9 Å². The summed E-state index contributed by atoms with van der Waals surface area (Å²) in [4.78, 5) is 25.0. The second-order valence-corrected chi connectivity index (χ2v) is 8.14. The first-order chi connectivity index (χ1) is 14.4. The van der Waals surface area contributed by atoms with Gasteiger partial charge in [0.2, 0.25) is 5.91 Å². The normalized spacial score (nSPS) is 15.2. The van der Waals surface area contributed by atoms with Gasteiger partial charge in [-0.2, -0.15) is 0 Å². The van der Waals surface area contributed by atoms with E-state index < -0.39 is 6.10 Å². The molecule has 30 heavy (non-hydrogen) atoms. The lowest BCUT2D eigenvalue weighted by Gasteiger charge is -2.21. The predicted octanol–water partition coefficient (Wildman–Crippen LogP) is 5.65. The molecule has 0 aromatic heterocycles. The Hall–Kier alpha value is -2.82. The second-order valence-electron chi connectivity index (χ2n) is 8.14. The molecule has 0 heterocycles. The van der Waals surface area contributed by atoms with Gasteiger partial charge in [0.1, 0.15) is 5.75 Å². The van der Waals surface area contributed by atoms with Crippen LogP contribution in [0, 0.1) is 12.8 Å². The summed E-state index contributed by atoms with van der Waals surface area (Å²) in [6.45, 7) is 8.18. The van der Waals surface area contributed by atoms with Crippen LogP contribution in [-0.2, 0) is 9.59 Å². The van der Waals surface area contributed by atoms with Crippen LogP contribution in [0.4, 0.5) is 11.4 Å². The molecule has 1 aliphatic carbocycles. The van der Waals surface area contributed by atoms with Crippen LogP contribution >= 0.6 is 0 Å². The number of nitrogens with one attached hydrogen (secondary N) is 2. The minimum atomic E-state index is -0.596. The number of hydrogen-bond donors (Lipinski definition) is 2. The van der Waals surface area contributed by atoms with Crippen molar-refractivity contribution in [2.45, 2.75) is 65.4 Å². The molecule has 0 bridgehead atoms. The van der Waals surface area contributed by atoms with E-state index in [0.29, 0.717) is 18.0 Å². The van der Waals surface area contributed by atoms with E-state index in [2.05, 4.69) is 30.5 Å². The lowest BCUT2D eigenvalue weighted by atomic mass is 9.98. The molecule has 0 saturated heterocycles. The average molecular weight is 409 g/mol. The first-order valence-electron chi connectivity index (χ1n) is 10.9. The number of benzene rings is 2. The van der Waals surface area contributed by atoms with Gasteiger partial charge in [0.05, 0.1) is 0 Å². The van der Waals surface area contributed by atoms with E-state index in [-0.39, 0.29) is 17.7 Å². The molecule has 2 N–H and O–H groups in total. The number of ether oxygens (including phenoxy) is 1. The van der Waals surface area contributed by atoms with Crippen molar-refractivity contribution in [1.82, 2.24) is 0 Å². The Balaban J connectivity index is 1.70. The van der Waals surface area contributed by atoms with Gasteiger partial charge in [0.25, 0.3) is 5.91 Å². The number of carbonyl (C=O) groups is 2. The maximum absolute atomic E-state index is 12.9. The summed E-state index contributed by atoms with van der Waals surface area (Å²) in [6.07, 6.45) is 2.87. The van der Waals surface area contributed by atoms with Crippen LogP contribution < -0.4 is 15.4 Å². The van der Waals surface area contributed by atoms with Gasteiger partial charge in [-0.25, -0.2) is 0 Å². The molecule has 160 valence electrons. The van der Waals surface area contributed by atoms with Crippen molar-refractivity contribution in [2.24, 2.45) is 5.92 Å². The fraction of sp³-hybridized carbons (Fsp3) is 0.440. The first kappa shape index (κ1) is 21.9. The molecule has 2 amide bonds. The van der Waals surface area contributed by atoms with E-state index in [1.54, 1.807) is 0 Å². The number of carbonyl (C=O) groups excluding carboxylic acids is 2. The molecular formula is C25H32N2O3. The molecular weight excluding hydrogens is 376 g/mol. The van der Waals surface area contributed by atoms with Crippen molar-refractivity contribution in [3.8, 4) is 5.75 Å². The molecule has 2 atom stereocenters. The zero-order valence-electron chi connectivity index (χ0n) is 18.3. The lowest BCUT2D eigenvalue weighted by molar-refractivity contribution is -0.122. The van der Waals surface area contributed by atoms with Crippen LogP contribution in [0.5, 0.6) is 5.75 Å². The summed E-state index contributed by atoms with van der Waals surface area (Å²) in [5, 5.41) is 5.92. The summed E-state index contributed by atoms with van der Waals surface area (Å²) < 4.78 is 6.13. The molecule has 3 rings (SSSR count). The predicted molar refractivity (Wildman–Crippen MR) is 121 cm³/mol. The third-order valence-corrected chi connectivity index (χ3v) is 5.71. The monoisotopic (exact) mass is 408 g/mol. The zero-order chi connectivity index (χ0) is 21.7. The molecule has 0 spiro atoms. The molecule has 0 radical (unpaired) electrons. The van der Waals surface area contributed by atoms with Crippen LogP contribution in [0.25, 0.3) is 0 Å². The van der Waals surface area contributed by atoms with Crippen molar-refractivity contribution in [3.63, 3.8) is 0 Å². The summed E-state index contributed by atoms with van der Waals surface area (Å²) in [7, 11) is 0. The average Bonchev–Trinajstić information content (AvgIpc) is 3.59. The quantitative estimate of drug-likeness (QED) is 0.563. The zero-order valence-corrected chi connectivity index (χ0v) is 18.3. The number of hydrogen-bond acceptors (Lipinski definition) is 3. The van der Waals surface area contributed by atoms with Gasteiger partial charge in [0, 0.05) is 17.3 Å². The Morgan fingerprint density at radius 3 is 2.47 bits per heavy atom. The summed E-state index contributed by atoms with van der Waals surface area (Å²) in [5.74, 6) is 1.11. The number of para-hydroxylation sites is 1. The standard InChI is InChI=1S/C25H32N2O3/c1-5-16(3)20-9-7-8-10-23(20)30-22(6-2)25(29)26-19-14-11-17(4)21(15-19)27-24(28)18-12-13-18/h7-11,14-16,18,22H,5-6,12-13H2,1-4H3,(H,26,29)(H,27,28). The van der Waals surface area contributed by atoms with Crippen molar-refractivity contribution < 1.29 is 14.3 Å². The van der Waals surface area contributed by atoms with Gasteiger partial charge in [-0.1, -0.05) is 45.0 Å². The first-order valence-corrected chi connectivity index (χ1v) is 10.9. The Kier molecular flexibility index (Phi) is 7.14. The van der Waals surface area contributed by atoms with Gasteiger partial charge >= 0.3 is 0 Å². The highest BCUT2D eigenvalue weighted by atomic mass is 16.5. The Morgan fingerprint density at radius 1 is 1.07 bits per heavy atom. The summed E-state index contributed by atoms with van der Waals surface area (Å²) in [5.41, 5.74) is 3.47. The van der Waals surface area contributed by atoms with E-state index in [0.717, 1.165) is 41.8 Å². The van der Waals surface area contributed by atoms with Crippen molar-refractivity contribution in [3.05, 3.63) is 53.6 Å². The molecule has 5 nitrogen and oxygen atoms in total. The van der Waals surface area contributed by atoms with Crippen LogP contribution in [0.3, 0.4) is 0 Å². The number of aryl methyl sites for hydroxylation is 1. The maximum Gasteiger partial charge on any atom is 0.265 e. The molecule has 5 heteroatoms. The topological polar surface area (TPSA) is 67.4 Å². The third kappa shape index (κ3) is 5.41. The van der Waals surface area contributed by atoms with Crippen molar-refractivity contribution >= 4 is 23.2 Å². The molecule has 0 aliphatic heterocycles. The van der Waals surface area contributed by atoms with E-state index in [1.165, 1.54) is 0 Å². The number of rotatable bonds is 9. The molecule has 2 unspecified atom stereocenters. The van der Waals surface area contributed by atoms with Gasteiger partial charge in [-0.05, 0) is 67.9 Å². The van der Waals surface area contributed by atoms with Gasteiger partial charge in [-0.15, -0.1) is 0 Å².